The van der Waals surface area contributed by atoms with Gasteiger partial charge in [-0.25, -0.2) is 0 Å². The van der Waals surface area contributed by atoms with Gasteiger partial charge in [-0.3, -0.25) is 9.59 Å². The van der Waals surface area contributed by atoms with Crippen molar-refractivity contribution in [1.29, 1.82) is 0 Å². The number of ether oxygens (including phenoxy) is 3. The summed E-state index contributed by atoms with van der Waals surface area (Å²) in [6.07, 6.45) is 4.22. The molecule has 1 saturated heterocycles. The SMILES string of the molecule is C#Cc1ccc([C@H]2O[C@H](COC(C)=O)[C@@H](OC(C)=O)[C@H](C)[C@@H]2C)cc1. The molecule has 0 spiro atoms. The number of terminal acetylenes is 1. The van der Waals surface area contributed by atoms with E-state index in [1.54, 1.807) is 0 Å². The maximum absolute atomic E-state index is 11.5. The summed E-state index contributed by atoms with van der Waals surface area (Å²) in [4.78, 5) is 22.6. The maximum atomic E-state index is 11.5. The predicted octanol–water partition coefficient (Wildman–Crippen LogP) is 2.87. The number of hydrogen-bond donors (Lipinski definition) is 0. The fourth-order valence-electron chi connectivity index (χ4n) is 3.16. The molecule has 0 aromatic heterocycles. The average molecular weight is 344 g/mol. The van der Waals surface area contributed by atoms with Crippen LogP contribution in [0.3, 0.4) is 0 Å². The van der Waals surface area contributed by atoms with Gasteiger partial charge < -0.3 is 14.2 Å². The zero-order chi connectivity index (χ0) is 18.6. The zero-order valence-electron chi connectivity index (χ0n) is 15.0. The fourth-order valence-corrected chi connectivity index (χ4v) is 3.16. The van der Waals surface area contributed by atoms with Crippen molar-refractivity contribution in [3.05, 3.63) is 35.4 Å². The number of carbonyl (C=O) groups excluding carboxylic acids is 2. The van der Waals surface area contributed by atoms with E-state index < -0.39 is 18.2 Å². The van der Waals surface area contributed by atoms with Crippen LogP contribution < -0.4 is 0 Å². The summed E-state index contributed by atoms with van der Waals surface area (Å²) < 4.78 is 16.8. The van der Waals surface area contributed by atoms with Crippen LogP contribution in [0.25, 0.3) is 0 Å². The Labute approximate surface area is 148 Å². The van der Waals surface area contributed by atoms with Gasteiger partial charge in [0, 0.05) is 25.3 Å². The molecule has 1 aromatic rings. The van der Waals surface area contributed by atoms with E-state index >= 15 is 0 Å². The van der Waals surface area contributed by atoms with E-state index in [0.29, 0.717) is 0 Å². The summed E-state index contributed by atoms with van der Waals surface area (Å²) in [5.74, 6) is 1.96. The van der Waals surface area contributed by atoms with Gasteiger partial charge in [-0.15, -0.1) is 6.42 Å². The van der Waals surface area contributed by atoms with Crippen LogP contribution in [0.2, 0.25) is 0 Å². The molecular weight excluding hydrogens is 320 g/mol. The minimum atomic E-state index is -0.517. The van der Waals surface area contributed by atoms with Crippen LogP contribution in [0.1, 0.15) is 44.9 Å². The van der Waals surface area contributed by atoms with Crippen LogP contribution >= 0.6 is 0 Å². The molecule has 0 radical (unpaired) electrons. The number of carbonyl (C=O) groups is 2. The molecule has 25 heavy (non-hydrogen) atoms. The lowest BCUT2D eigenvalue weighted by molar-refractivity contribution is -0.207. The molecule has 1 heterocycles. The van der Waals surface area contributed by atoms with Gasteiger partial charge in [0.25, 0.3) is 0 Å². The van der Waals surface area contributed by atoms with Gasteiger partial charge in [0.05, 0.1) is 6.10 Å². The molecule has 1 aromatic carbocycles. The van der Waals surface area contributed by atoms with Crippen LogP contribution in [0.15, 0.2) is 24.3 Å². The summed E-state index contributed by atoms with van der Waals surface area (Å²) in [6, 6.07) is 7.63. The Morgan fingerprint density at radius 2 is 1.76 bits per heavy atom. The largest absolute Gasteiger partial charge is 0.463 e. The highest BCUT2D eigenvalue weighted by Crippen LogP contribution is 2.41. The van der Waals surface area contributed by atoms with Crippen molar-refractivity contribution in [1.82, 2.24) is 0 Å². The Kier molecular flexibility index (Phi) is 6.22. The Balaban J connectivity index is 2.25. The van der Waals surface area contributed by atoms with E-state index in [1.807, 2.05) is 31.2 Å². The first-order chi connectivity index (χ1) is 11.8. The van der Waals surface area contributed by atoms with Crippen molar-refractivity contribution in [2.75, 3.05) is 6.61 Å². The molecule has 5 heteroatoms. The van der Waals surface area contributed by atoms with E-state index in [0.717, 1.165) is 11.1 Å². The Morgan fingerprint density at radius 1 is 1.12 bits per heavy atom. The number of esters is 2. The third-order valence-electron chi connectivity index (χ3n) is 4.67. The quantitative estimate of drug-likeness (QED) is 0.621. The second kappa shape index (κ2) is 8.17. The van der Waals surface area contributed by atoms with Crippen molar-refractivity contribution in [2.45, 2.75) is 46.0 Å². The molecular formula is C20H24O5. The van der Waals surface area contributed by atoms with Gasteiger partial charge in [0.15, 0.2) is 0 Å². The standard InChI is InChI=1S/C20H24O5/c1-6-16-7-9-17(10-8-16)19-12(2)13(3)20(24-15(5)22)18(25-19)11-23-14(4)21/h1,7-10,12-13,18-20H,11H2,2-5H3/t12-,13+,18+,19-,20-/m0/s1. The van der Waals surface area contributed by atoms with Crippen LogP contribution in [0.5, 0.6) is 0 Å². The number of hydrogen-bond acceptors (Lipinski definition) is 5. The normalized spacial score (nSPS) is 28.7. The first kappa shape index (κ1) is 19.0. The molecule has 0 bridgehead atoms. The van der Waals surface area contributed by atoms with Crippen LogP contribution in [0.4, 0.5) is 0 Å². The van der Waals surface area contributed by atoms with Gasteiger partial charge in [-0.05, 0) is 23.6 Å². The Bertz CT molecular complexity index is 658. The van der Waals surface area contributed by atoms with E-state index in [-0.39, 0.29) is 30.5 Å². The van der Waals surface area contributed by atoms with Crippen LogP contribution in [-0.2, 0) is 23.8 Å². The molecule has 0 unspecified atom stereocenters. The minimum absolute atomic E-state index is 0.0375. The second-order valence-corrected chi connectivity index (χ2v) is 6.46. The van der Waals surface area contributed by atoms with Gasteiger partial charge in [0.1, 0.15) is 18.8 Å². The summed E-state index contributed by atoms with van der Waals surface area (Å²) in [6.45, 7) is 6.83. The molecule has 1 fully saturated rings. The zero-order valence-corrected chi connectivity index (χ0v) is 15.0. The van der Waals surface area contributed by atoms with E-state index in [4.69, 9.17) is 20.6 Å². The highest BCUT2D eigenvalue weighted by Gasteiger charge is 2.44. The first-order valence-corrected chi connectivity index (χ1v) is 8.36. The van der Waals surface area contributed by atoms with Crippen LogP contribution in [-0.4, -0.2) is 30.8 Å². The molecule has 5 nitrogen and oxygen atoms in total. The maximum Gasteiger partial charge on any atom is 0.303 e. The fraction of sp³-hybridized carbons (Fsp3) is 0.500. The molecule has 0 saturated carbocycles. The second-order valence-electron chi connectivity index (χ2n) is 6.46. The Morgan fingerprint density at radius 3 is 2.28 bits per heavy atom. The van der Waals surface area contributed by atoms with E-state index in [2.05, 4.69) is 12.8 Å². The average Bonchev–Trinajstić information content (AvgIpc) is 2.58. The molecule has 0 aliphatic carbocycles. The molecule has 0 amide bonds. The van der Waals surface area contributed by atoms with Gasteiger partial charge in [-0.1, -0.05) is 31.9 Å². The molecule has 134 valence electrons. The predicted molar refractivity (Wildman–Crippen MR) is 92.5 cm³/mol. The van der Waals surface area contributed by atoms with Crippen molar-refractivity contribution in [3.8, 4) is 12.3 Å². The lowest BCUT2D eigenvalue weighted by Gasteiger charge is -2.44. The van der Waals surface area contributed by atoms with Crippen molar-refractivity contribution < 1.29 is 23.8 Å². The van der Waals surface area contributed by atoms with Crippen LogP contribution in [0, 0.1) is 24.2 Å². The highest BCUT2D eigenvalue weighted by molar-refractivity contribution is 5.66. The van der Waals surface area contributed by atoms with E-state index in [1.165, 1.54) is 13.8 Å². The van der Waals surface area contributed by atoms with E-state index in [9.17, 15) is 9.59 Å². The molecule has 2 rings (SSSR count). The van der Waals surface area contributed by atoms with Gasteiger partial charge >= 0.3 is 11.9 Å². The van der Waals surface area contributed by atoms with Gasteiger partial charge in [-0.2, -0.15) is 0 Å². The molecule has 5 atom stereocenters. The number of rotatable bonds is 4. The first-order valence-electron chi connectivity index (χ1n) is 8.36. The van der Waals surface area contributed by atoms with Crippen molar-refractivity contribution in [2.24, 2.45) is 11.8 Å². The minimum Gasteiger partial charge on any atom is -0.463 e. The third-order valence-corrected chi connectivity index (χ3v) is 4.67. The molecule has 1 aliphatic heterocycles. The topological polar surface area (TPSA) is 61.8 Å². The summed E-state index contributed by atoms with van der Waals surface area (Å²) in [5.41, 5.74) is 1.79. The summed E-state index contributed by atoms with van der Waals surface area (Å²) in [5, 5.41) is 0. The smallest absolute Gasteiger partial charge is 0.303 e. The van der Waals surface area contributed by atoms with Crippen molar-refractivity contribution >= 4 is 11.9 Å². The monoisotopic (exact) mass is 344 g/mol. The van der Waals surface area contributed by atoms with Gasteiger partial charge in [0.2, 0.25) is 0 Å². The third kappa shape index (κ3) is 4.61. The van der Waals surface area contributed by atoms with Crippen molar-refractivity contribution in [3.63, 3.8) is 0 Å². The Hall–Kier alpha value is -2.32. The lowest BCUT2D eigenvalue weighted by atomic mass is 9.79. The lowest BCUT2D eigenvalue weighted by Crippen LogP contribution is -2.50. The molecule has 1 aliphatic rings. The summed E-state index contributed by atoms with van der Waals surface area (Å²) >= 11 is 0. The molecule has 0 N–H and O–H groups in total. The highest BCUT2D eigenvalue weighted by atomic mass is 16.6. The number of benzene rings is 1. The summed E-state index contributed by atoms with van der Waals surface area (Å²) in [7, 11) is 0.